The predicted molar refractivity (Wildman–Crippen MR) is 66.2 cm³/mol. The maximum atomic E-state index is 12.4. The Labute approximate surface area is 112 Å². The van der Waals surface area contributed by atoms with Gasteiger partial charge in [0.25, 0.3) is 10.0 Å². The van der Waals surface area contributed by atoms with Crippen molar-refractivity contribution in [2.45, 2.75) is 17.9 Å². The van der Waals surface area contributed by atoms with Crippen LogP contribution in [0.15, 0.2) is 16.6 Å². The molecule has 0 aromatic carbocycles. The summed E-state index contributed by atoms with van der Waals surface area (Å²) in [5.41, 5.74) is 0. The Bertz CT molecular complexity index is 733. The van der Waals surface area contributed by atoms with E-state index in [-0.39, 0.29) is 23.1 Å². The van der Waals surface area contributed by atoms with Crippen LogP contribution in [-0.4, -0.2) is 34.6 Å². The summed E-state index contributed by atoms with van der Waals surface area (Å²) < 4.78 is 27.1. The fourth-order valence-electron chi connectivity index (χ4n) is 1.95. The number of sulfonamides is 1. The van der Waals surface area contributed by atoms with Gasteiger partial charge in [-0.3, -0.25) is 9.20 Å². The fraction of sp³-hybridized carbons (Fsp3) is 0.333. The molecular formula is C9H8ClN3O3S2. The zero-order chi connectivity index (χ0) is 12.9. The van der Waals surface area contributed by atoms with Crippen LogP contribution in [0, 0.1) is 0 Å². The Morgan fingerprint density at radius 2 is 2.22 bits per heavy atom. The Hall–Kier alpha value is -1.12. The SMILES string of the molecule is O=C1CCCN1S(=O)(=O)c1c(Cl)nc2sccn12. The van der Waals surface area contributed by atoms with Crippen LogP contribution in [0.2, 0.25) is 5.15 Å². The smallest absolute Gasteiger partial charge is 0.278 e. The molecule has 0 N–H and O–H groups in total. The van der Waals surface area contributed by atoms with E-state index in [2.05, 4.69) is 4.98 Å². The molecule has 2 aromatic rings. The highest BCUT2D eigenvalue weighted by Gasteiger charge is 2.37. The molecule has 96 valence electrons. The minimum atomic E-state index is -3.91. The van der Waals surface area contributed by atoms with Gasteiger partial charge in [-0.1, -0.05) is 11.6 Å². The van der Waals surface area contributed by atoms with Crippen molar-refractivity contribution >= 4 is 43.8 Å². The minimum Gasteiger partial charge on any atom is -0.278 e. The number of nitrogens with zero attached hydrogens (tertiary/aromatic N) is 3. The molecule has 0 bridgehead atoms. The number of halogens is 1. The van der Waals surface area contributed by atoms with Crippen molar-refractivity contribution in [3.05, 3.63) is 16.7 Å². The van der Waals surface area contributed by atoms with Crippen molar-refractivity contribution < 1.29 is 13.2 Å². The Morgan fingerprint density at radius 1 is 1.44 bits per heavy atom. The summed E-state index contributed by atoms with van der Waals surface area (Å²) in [6.45, 7) is 0.203. The molecule has 1 amide bonds. The van der Waals surface area contributed by atoms with E-state index >= 15 is 0 Å². The lowest BCUT2D eigenvalue weighted by Crippen LogP contribution is -2.32. The molecule has 0 atom stereocenters. The van der Waals surface area contributed by atoms with Gasteiger partial charge in [-0.25, -0.2) is 9.29 Å². The number of carbonyl (C=O) groups excluding carboxylic acids is 1. The van der Waals surface area contributed by atoms with Crippen molar-refractivity contribution in [3.63, 3.8) is 0 Å². The van der Waals surface area contributed by atoms with Crippen LogP contribution in [0.3, 0.4) is 0 Å². The first-order chi connectivity index (χ1) is 8.51. The zero-order valence-electron chi connectivity index (χ0n) is 9.04. The standard InChI is InChI=1S/C9H8ClN3O3S2/c10-7-8(12-4-5-17-9(12)11-7)18(15,16)13-3-1-2-6(13)14/h4-5H,1-3H2. The third-order valence-corrected chi connectivity index (χ3v) is 5.72. The summed E-state index contributed by atoms with van der Waals surface area (Å²) in [7, 11) is -3.91. The van der Waals surface area contributed by atoms with Gasteiger partial charge in [0.1, 0.15) is 0 Å². The van der Waals surface area contributed by atoms with E-state index in [9.17, 15) is 13.2 Å². The maximum Gasteiger partial charge on any atom is 0.285 e. The lowest BCUT2D eigenvalue weighted by molar-refractivity contribution is -0.123. The number of thiazole rings is 1. The van der Waals surface area contributed by atoms with Gasteiger partial charge >= 0.3 is 0 Å². The van der Waals surface area contributed by atoms with Crippen molar-refractivity contribution in [3.8, 4) is 0 Å². The molecule has 0 spiro atoms. The van der Waals surface area contributed by atoms with E-state index in [1.165, 1.54) is 15.7 Å². The molecule has 0 saturated carbocycles. The number of fused-ring (bicyclic) bond motifs is 1. The average Bonchev–Trinajstić information content (AvgIpc) is 2.92. The quantitative estimate of drug-likeness (QED) is 0.840. The summed E-state index contributed by atoms with van der Waals surface area (Å²) >= 11 is 7.16. The molecule has 0 aliphatic carbocycles. The lowest BCUT2D eigenvalue weighted by atomic mass is 10.4. The largest absolute Gasteiger partial charge is 0.285 e. The number of imidazole rings is 1. The summed E-state index contributed by atoms with van der Waals surface area (Å²) in [6.07, 6.45) is 2.37. The molecule has 1 fully saturated rings. The van der Waals surface area contributed by atoms with Crippen molar-refractivity contribution in [2.75, 3.05) is 6.54 Å². The van der Waals surface area contributed by atoms with Gasteiger partial charge in [-0.05, 0) is 6.42 Å². The van der Waals surface area contributed by atoms with E-state index in [1.807, 2.05) is 0 Å². The van der Waals surface area contributed by atoms with E-state index < -0.39 is 15.9 Å². The monoisotopic (exact) mass is 305 g/mol. The van der Waals surface area contributed by atoms with E-state index in [1.54, 1.807) is 11.6 Å². The van der Waals surface area contributed by atoms with E-state index in [0.717, 1.165) is 4.31 Å². The second-order valence-corrected chi connectivity index (χ2v) is 6.85. The van der Waals surface area contributed by atoms with Crippen molar-refractivity contribution in [2.24, 2.45) is 0 Å². The highest BCUT2D eigenvalue weighted by Crippen LogP contribution is 2.29. The van der Waals surface area contributed by atoms with Gasteiger partial charge in [-0.15, -0.1) is 11.3 Å². The van der Waals surface area contributed by atoms with Gasteiger partial charge in [0, 0.05) is 24.5 Å². The Kier molecular flexibility index (Phi) is 2.61. The number of aromatic nitrogens is 2. The van der Waals surface area contributed by atoms with E-state index in [0.29, 0.717) is 11.4 Å². The summed E-state index contributed by atoms with van der Waals surface area (Å²) in [5, 5.41) is 1.49. The number of hydrogen-bond acceptors (Lipinski definition) is 5. The molecule has 0 unspecified atom stereocenters. The second-order valence-electron chi connectivity index (χ2n) is 3.84. The first-order valence-electron chi connectivity index (χ1n) is 5.18. The van der Waals surface area contributed by atoms with E-state index in [4.69, 9.17) is 11.6 Å². The van der Waals surface area contributed by atoms with Crippen LogP contribution in [0.25, 0.3) is 4.96 Å². The van der Waals surface area contributed by atoms with Gasteiger partial charge in [0.15, 0.2) is 15.1 Å². The molecule has 3 rings (SSSR count). The fourth-order valence-corrected chi connectivity index (χ4v) is 4.83. The van der Waals surface area contributed by atoms with Gasteiger partial charge in [0.05, 0.1) is 0 Å². The van der Waals surface area contributed by atoms with Crippen LogP contribution >= 0.6 is 22.9 Å². The van der Waals surface area contributed by atoms with Crippen LogP contribution in [0.5, 0.6) is 0 Å². The molecule has 1 aliphatic heterocycles. The minimum absolute atomic E-state index is 0.0958. The number of amides is 1. The third-order valence-electron chi connectivity index (χ3n) is 2.74. The van der Waals surface area contributed by atoms with Gasteiger partial charge < -0.3 is 0 Å². The van der Waals surface area contributed by atoms with Crippen LogP contribution in [0.4, 0.5) is 0 Å². The van der Waals surface area contributed by atoms with Gasteiger partial charge in [-0.2, -0.15) is 8.42 Å². The molecule has 9 heteroatoms. The number of rotatable bonds is 2. The predicted octanol–water partition coefficient (Wildman–Crippen LogP) is 1.36. The summed E-state index contributed by atoms with van der Waals surface area (Å²) in [4.78, 5) is 16.0. The van der Waals surface area contributed by atoms with Crippen molar-refractivity contribution in [1.29, 1.82) is 0 Å². The first kappa shape index (κ1) is 11.9. The highest BCUT2D eigenvalue weighted by atomic mass is 35.5. The second kappa shape index (κ2) is 3.94. The molecule has 0 radical (unpaired) electrons. The third kappa shape index (κ3) is 1.56. The molecular weight excluding hydrogens is 298 g/mol. The average molecular weight is 306 g/mol. The lowest BCUT2D eigenvalue weighted by Gasteiger charge is -2.15. The van der Waals surface area contributed by atoms with Crippen LogP contribution < -0.4 is 0 Å². The normalized spacial score (nSPS) is 16.9. The molecule has 6 nitrogen and oxygen atoms in total. The maximum absolute atomic E-state index is 12.4. The Balaban J connectivity index is 2.21. The molecule has 1 aliphatic rings. The molecule has 2 aromatic heterocycles. The summed E-state index contributed by atoms with van der Waals surface area (Å²) in [5.74, 6) is -0.392. The first-order valence-corrected chi connectivity index (χ1v) is 7.88. The number of carbonyl (C=O) groups is 1. The highest BCUT2D eigenvalue weighted by molar-refractivity contribution is 7.89. The number of hydrogen-bond donors (Lipinski definition) is 0. The Morgan fingerprint density at radius 3 is 2.89 bits per heavy atom. The van der Waals surface area contributed by atoms with Crippen LogP contribution in [0.1, 0.15) is 12.8 Å². The molecule has 18 heavy (non-hydrogen) atoms. The zero-order valence-corrected chi connectivity index (χ0v) is 11.4. The summed E-state index contributed by atoms with van der Waals surface area (Å²) in [6, 6.07) is 0. The van der Waals surface area contributed by atoms with Crippen molar-refractivity contribution in [1.82, 2.24) is 13.7 Å². The van der Waals surface area contributed by atoms with Crippen LogP contribution in [-0.2, 0) is 14.8 Å². The topological polar surface area (TPSA) is 71.8 Å². The molecule has 3 heterocycles. The molecule has 1 saturated heterocycles. The van der Waals surface area contributed by atoms with Gasteiger partial charge in [0.2, 0.25) is 5.91 Å².